The molecule has 1 saturated carbocycles. The molecule has 1 aliphatic carbocycles. The van der Waals surface area contributed by atoms with Crippen molar-refractivity contribution in [3.8, 4) is 0 Å². The molecule has 0 aromatic heterocycles. The maximum Gasteiger partial charge on any atom is 0.472 e. The summed E-state index contributed by atoms with van der Waals surface area (Å²) < 4.78 is 45.5. The fraction of sp³-hybridized carbons (Fsp3) is 0.923. The lowest BCUT2D eigenvalue weighted by Gasteiger charge is -2.47. The van der Waals surface area contributed by atoms with Crippen LogP contribution < -0.4 is 0 Å². The number of ether oxygens (including phenoxy) is 4. The number of aliphatic hydroxyl groups is 8. The Labute approximate surface area is 424 Å². The van der Waals surface area contributed by atoms with E-state index in [1.165, 1.54) is 122 Å². The molecular weight excluding hydrogens is 944 g/mol. The first kappa shape index (κ1) is 65.5. The molecule has 0 spiro atoms. The molecule has 19 heteroatoms. The van der Waals surface area contributed by atoms with Gasteiger partial charge >= 0.3 is 19.8 Å². The van der Waals surface area contributed by atoms with E-state index < -0.39 is 113 Å². The van der Waals surface area contributed by atoms with Crippen LogP contribution >= 0.6 is 7.82 Å². The third kappa shape index (κ3) is 28.2. The molecule has 18 nitrogen and oxygen atoms in total. The number of carbonyl (C=O) groups is 2. The largest absolute Gasteiger partial charge is 0.472 e. The summed E-state index contributed by atoms with van der Waals surface area (Å²) >= 11 is 0. The van der Waals surface area contributed by atoms with Gasteiger partial charge in [0.15, 0.2) is 12.4 Å². The molecule has 1 saturated heterocycles. The van der Waals surface area contributed by atoms with Crippen molar-refractivity contribution in [1.29, 1.82) is 0 Å². The number of hydrogen-bond acceptors (Lipinski definition) is 17. The number of carbonyl (C=O) groups excluding carboxylic acids is 2. The molecule has 0 aromatic carbocycles. The van der Waals surface area contributed by atoms with Gasteiger partial charge in [-0.1, -0.05) is 174 Å². The Hall–Kier alpha value is -1.61. The molecule has 0 bridgehead atoms. The number of hydrogen-bond donors (Lipinski definition) is 9. The van der Waals surface area contributed by atoms with Crippen LogP contribution in [0.25, 0.3) is 0 Å². The van der Waals surface area contributed by atoms with E-state index in [2.05, 4.69) is 26.0 Å². The van der Waals surface area contributed by atoms with Gasteiger partial charge in [0.2, 0.25) is 0 Å². The Balaban J connectivity index is 1.90. The van der Waals surface area contributed by atoms with E-state index in [4.69, 9.17) is 28.0 Å². The topological polar surface area (TPSA) is 289 Å². The van der Waals surface area contributed by atoms with Crippen LogP contribution in [0.15, 0.2) is 12.2 Å². The second-order valence-electron chi connectivity index (χ2n) is 19.8. The number of aliphatic hydroxyl groups excluding tert-OH is 8. The summed E-state index contributed by atoms with van der Waals surface area (Å²) in [4.78, 5) is 36.6. The van der Waals surface area contributed by atoms with E-state index >= 15 is 0 Å². The van der Waals surface area contributed by atoms with Crippen LogP contribution in [0.4, 0.5) is 0 Å². The van der Waals surface area contributed by atoms with Gasteiger partial charge in [-0.3, -0.25) is 18.6 Å². The normalized spacial score (nSPS) is 27.2. The van der Waals surface area contributed by atoms with Crippen LogP contribution in [-0.4, -0.2) is 151 Å². The molecule has 0 aromatic rings. The van der Waals surface area contributed by atoms with E-state index in [9.17, 15) is 59.9 Å². The van der Waals surface area contributed by atoms with Crippen molar-refractivity contribution in [3.63, 3.8) is 0 Å². The minimum atomic E-state index is -5.38. The van der Waals surface area contributed by atoms with Crippen molar-refractivity contribution in [2.75, 3.05) is 19.8 Å². The Morgan fingerprint density at radius 3 is 1.41 bits per heavy atom. The predicted molar refractivity (Wildman–Crippen MR) is 268 cm³/mol. The first-order valence-electron chi connectivity index (χ1n) is 27.5. The van der Waals surface area contributed by atoms with Gasteiger partial charge in [0.05, 0.1) is 13.2 Å². The van der Waals surface area contributed by atoms with E-state index in [0.29, 0.717) is 12.8 Å². The molecule has 13 unspecified atom stereocenters. The maximum atomic E-state index is 13.4. The smallest absolute Gasteiger partial charge is 0.462 e. The first-order valence-corrected chi connectivity index (χ1v) is 29.0. The maximum absolute atomic E-state index is 13.4. The summed E-state index contributed by atoms with van der Waals surface area (Å²) in [6, 6.07) is 0. The molecule has 1 heterocycles. The highest BCUT2D eigenvalue weighted by Gasteiger charge is 2.55. The third-order valence-electron chi connectivity index (χ3n) is 13.5. The number of allylic oxidation sites excluding steroid dienone is 2. The molecule has 0 radical (unpaired) electrons. The molecule has 418 valence electrons. The second-order valence-corrected chi connectivity index (χ2v) is 21.2. The summed E-state index contributed by atoms with van der Waals surface area (Å²) in [6.07, 6.45) is 14.3. The number of phosphoric acid groups is 1. The zero-order valence-electron chi connectivity index (χ0n) is 43.3. The highest BCUT2D eigenvalue weighted by atomic mass is 31.2. The van der Waals surface area contributed by atoms with Crippen molar-refractivity contribution in [2.24, 2.45) is 0 Å². The standard InChI is InChI=1S/C52H97O18P/c1-3-5-7-9-11-13-15-17-19-20-21-23-24-26-28-30-32-34-41(54)65-37-39(67-42(55)35-33-31-29-27-25-22-18-16-14-12-10-8-6-4-2)38-66-71(63,64)70-51-48(61)46(59)45(58)47(60)50(51)69-52-49(62)44(57)43(56)40(36-53)68-52/h22,25,39-40,43-53,56-62H,3-21,23-24,26-38H2,1-2H3,(H,63,64)/b25-22-. The molecule has 2 rings (SSSR count). The Morgan fingerprint density at radius 1 is 0.521 bits per heavy atom. The minimum absolute atomic E-state index is 0.0159. The highest BCUT2D eigenvalue weighted by molar-refractivity contribution is 7.47. The third-order valence-corrected chi connectivity index (χ3v) is 14.5. The van der Waals surface area contributed by atoms with Gasteiger partial charge in [-0.05, 0) is 38.5 Å². The number of phosphoric ester groups is 1. The lowest BCUT2D eigenvalue weighted by atomic mass is 9.84. The van der Waals surface area contributed by atoms with Crippen LogP contribution in [0.5, 0.6) is 0 Å². The van der Waals surface area contributed by atoms with E-state index in [1.807, 2.05) is 0 Å². The van der Waals surface area contributed by atoms with Gasteiger partial charge in [0.1, 0.15) is 67.6 Å². The van der Waals surface area contributed by atoms with E-state index in [1.54, 1.807) is 0 Å². The predicted octanol–water partition coefficient (Wildman–Crippen LogP) is 7.28. The summed E-state index contributed by atoms with van der Waals surface area (Å²) in [5.74, 6) is -1.22. The van der Waals surface area contributed by atoms with E-state index in [-0.39, 0.29) is 12.8 Å². The number of esters is 2. The summed E-state index contributed by atoms with van der Waals surface area (Å²) in [7, 11) is -5.38. The molecule has 71 heavy (non-hydrogen) atoms. The summed E-state index contributed by atoms with van der Waals surface area (Å²) in [6.45, 7) is 2.24. The second kappa shape index (κ2) is 39.8. The fourth-order valence-electron chi connectivity index (χ4n) is 8.93. The molecule has 0 amide bonds. The van der Waals surface area contributed by atoms with Crippen molar-refractivity contribution in [1.82, 2.24) is 0 Å². The Bertz CT molecular complexity index is 1420. The summed E-state index contributed by atoms with van der Waals surface area (Å²) in [5.41, 5.74) is 0. The van der Waals surface area contributed by atoms with Gasteiger partial charge in [-0.2, -0.15) is 0 Å². The van der Waals surface area contributed by atoms with Gasteiger partial charge < -0.3 is 64.7 Å². The van der Waals surface area contributed by atoms with Crippen molar-refractivity contribution < 1.29 is 87.9 Å². The molecule has 2 fully saturated rings. The van der Waals surface area contributed by atoms with Crippen LogP contribution in [0.3, 0.4) is 0 Å². The fourth-order valence-corrected chi connectivity index (χ4v) is 9.90. The summed E-state index contributed by atoms with van der Waals surface area (Å²) in [5, 5.41) is 83.1. The van der Waals surface area contributed by atoms with Crippen LogP contribution in [0, 0.1) is 0 Å². The Morgan fingerprint density at radius 2 is 0.930 bits per heavy atom. The highest BCUT2D eigenvalue weighted by Crippen LogP contribution is 2.48. The van der Waals surface area contributed by atoms with Gasteiger partial charge in [0, 0.05) is 12.8 Å². The molecule has 2 aliphatic rings. The first-order chi connectivity index (χ1) is 34.2. The monoisotopic (exact) mass is 1040 g/mol. The molecule has 9 N–H and O–H groups in total. The van der Waals surface area contributed by atoms with Crippen molar-refractivity contribution in [3.05, 3.63) is 12.2 Å². The molecule has 13 atom stereocenters. The van der Waals surface area contributed by atoms with Gasteiger partial charge in [-0.15, -0.1) is 0 Å². The van der Waals surface area contributed by atoms with Crippen molar-refractivity contribution >= 4 is 19.8 Å². The SMILES string of the molecule is CCCCCCCCC/C=C\CCCCCC(=O)OC(COC(=O)CCCCCCCCCCCCCCCCCCC)COP(=O)(O)OC1C(O)C(O)C(O)C(O)C1OC1OC(CO)C(O)C(O)C1O. The number of rotatable bonds is 43. The number of unbranched alkanes of at least 4 members (excludes halogenated alkanes) is 26. The van der Waals surface area contributed by atoms with Gasteiger partial charge in [-0.25, -0.2) is 4.57 Å². The zero-order valence-corrected chi connectivity index (χ0v) is 44.2. The van der Waals surface area contributed by atoms with Crippen LogP contribution in [0.2, 0.25) is 0 Å². The van der Waals surface area contributed by atoms with Crippen LogP contribution in [-0.2, 0) is 42.1 Å². The molecular formula is C52H97O18P. The van der Waals surface area contributed by atoms with Crippen molar-refractivity contribution in [2.45, 2.75) is 286 Å². The van der Waals surface area contributed by atoms with Crippen LogP contribution in [0.1, 0.15) is 213 Å². The molecule has 1 aliphatic heterocycles. The zero-order chi connectivity index (χ0) is 52.3. The van der Waals surface area contributed by atoms with Gasteiger partial charge in [0.25, 0.3) is 0 Å². The average molecular weight is 1040 g/mol. The Kier molecular flexibility index (Phi) is 36.7. The lowest BCUT2D eigenvalue weighted by molar-refractivity contribution is -0.338. The van der Waals surface area contributed by atoms with E-state index in [0.717, 1.165) is 51.4 Å². The minimum Gasteiger partial charge on any atom is -0.462 e. The lowest BCUT2D eigenvalue weighted by Crippen LogP contribution is -2.67. The quantitative estimate of drug-likeness (QED) is 0.0126. The average Bonchev–Trinajstić information content (AvgIpc) is 3.35.